The van der Waals surface area contributed by atoms with Crippen LogP contribution in [0.5, 0.6) is 0 Å². The van der Waals surface area contributed by atoms with Gasteiger partial charge in [-0.05, 0) is 28.1 Å². The summed E-state index contributed by atoms with van der Waals surface area (Å²) in [5.41, 5.74) is 0.439. The van der Waals surface area contributed by atoms with Gasteiger partial charge in [-0.2, -0.15) is 0 Å². The summed E-state index contributed by atoms with van der Waals surface area (Å²) in [6.45, 7) is 0. The average molecular weight is 273 g/mol. The molecule has 2 aromatic rings. The van der Waals surface area contributed by atoms with E-state index in [9.17, 15) is 4.39 Å². The number of nitrogens with one attached hydrogen (secondary N) is 1. The molecule has 2 rings (SSSR count). The lowest BCUT2D eigenvalue weighted by Gasteiger charge is -2.02. The van der Waals surface area contributed by atoms with Crippen molar-refractivity contribution >= 4 is 38.1 Å². The second kappa shape index (κ2) is 4.06. The van der Waals surface area contributed by atoms with Crippen LogP contribution in [0, 0.1) is 5.82 Å². The number of aromatic nitrogens is 1. The van der Waals surface area contributed by atoms with Crippen molar-refractivity contribution < 1.29 is 4.39 Å². The molecule has 0 radical (unpaired) electrons. The highest BCUT2D eigenvalue weighted by Crippen LogP contribution is 2.24. The number of anilines is 2. The Morgan fingerprint density at radius 2 is 2.14 bits per heavy atom. The Hall–Kier alpha value is -0.940. The minimum atomic E-state index is -0.279. The largest absolute Gasteiger partial charge is 0.329 e. The minimum absolute atomic E-state index is 0.279. The number of thiazole rings is 1. The third-order valence-electron chi connectivity index (χ3n) is 1.59. The first kappa shape index (κ1) is 9.61. The highest BCUT2D eigenvalue weighted by atomic mass is 79.9. The van der Waals surface area contributed by atoms with E-state index >= 15 is 0 Å². The number of rotatable bonds is 2. The highest BCUT2D eigenvalue weighted by molar-refractivity contribution is 9.10. The average Bonchev–Trinajstić information content (AvgIpc) is 2.56. The van der Waals surface area contributed by atoms with E-state index in [0.717, 1.165) is 4.60 Å². The lowest BCUT2D eigenvalue weighted by Crippen LogP contribution is -1.92. The van der Waals surface area contributed by atoms with Crippen LogP contribution < -0.4 is 5.32 Å². The maximum atomic E-state index is 13.2. The zero-order chi connectivity index (χ0) is 9.97. The number of nitrogens with zero attached hydrogens (tertiary/aromatic N) is 1. The number of hydrogen-bond donors (Lipinski definition) is 1. The van der Waals surface area contributed by atoms with Crippen LogP contribution in [0.25, 0.3) is 0 Å². The van der Waals surface area contributed by atoms with Crippen molar-refractivity contribution in [2.24, 2.45) is 0 Å². The molecule has 0 saturated heterocycles. The molecule has 1 aromatic carbocycles. The van der Waals surface area contributed by atoms with Gasteiger partial charge in [-0.25, -0.2) is 9.37 Å². The SMILES string of the molecule is Fc1ccccc1Nc1nc(Br)cs1. The van der Waals surface area contributed by atoms with Crippen LogP contribution in [0.1, 0.15) is 0 Å². The van der Waals surface area contributed by atoms with Crippen LogP contribution >= 0.6 is 27.3 Å². The van der Waals surface area contributed by atoms with E-state index in [1.54, 1.807) is 18.2 Å². The van der Waals surface area contributed by atoms with Gasteiger partial charge < -0.3 is 5.32 Å². The van der Waals surface area contributed by atoms with Crippen LogP contribution in [0.15, 0.2) is 34.2 Å². The Bertz CT molecular complexity index is 444. The fourth-order valence-corrected chi connectivity index (χ4v) is 2.15. The number of hydrogen-bond acceptors (Lipinski definition) is 3. The molecule has 1 aromatic heterocycles. The van der Waals surface area contributed by atoms with Gasteiger partial charge in [0.05, 0.1) is 5.69 Å². The van der Waals surface area contributed by atoms with Gasteiger partial charge in [-0.15, -0.1) is 11.3 Å². The summed E-state index contributed by atoms with van der Waals surface area (Å²) >= 11 is 4.65. The van der Waals surface area contributed by atoms with Gasteiger partial charge in [-0.1, -0.05) is 12.1 Å². The van der Waals surface area contributed by atoms with Gasteiger partial charge in [0.2, 0.25) is 0 Å². The van der Waals surface area contributed by atoms with Gasteiger partial charge in [0, 0.05) is 5.38 Å². The van der Waals surface area contributed by atoms with E-state index in [0.29, 0.717) is 10.8 Å². The molecular weight excluding hydrogens is 267 g/mol. The Kier molecular flexibility index (Phi) is 2.79. The predicted octanol–water partition coefficient (Wildman–Crippen LogP) is 3.79. The molecule has 0 bridgehead atoms. The summed E-state index contributed by atoms with van der Waals surface area (Å²) in [4.78, 5) is 4.10. The Morgan fingerprint density at radius 1 is 1.36 bits per heavy atom. The number of para-hydroxylation sites is 1. The maximum Gasteiger partial charge on any atom is 0.188 e. The van der Waals surface area contributed by atoms with Crippen molar-refractivity contribution in [3.8, 4) is 0 Å². The highest BCUT2D eigenvalue weighted by Gasteiger charge is 2.03. The third kappa shape index (κ3) is 2.10. The maximum absolute atomic E-state index is 13.2. The topological polar surface area (TPSA) is 24.9 Å². The summed E-state index contributed by atoms with van der Waals surface area (Å²) in [5.74, 6) is -0.279. The van der Waals surface area contributed by atoms with Crippen LogP contribution in [0.2, 0.25) is 0 Å². The van der Waals surface area contributed by atoms with Gasteiger partial charge in [0.25, 0.3) is 0 Å². The fraction of sp³-hybridized carbons (Fsp3) is 0. The molecule has 2 nitrogen and oxygen atoms in total. The van der Waals surface area contributed by atoms with Gasteiger partial charge in [-0.3, -0.25) is 0 Å². The number of halogens is 2. The molecule has 0 aliphatic rings. The van der Waals surface area contributed by atoms with Crippen LogP contribution in [0.4, 0.5) is 15.2 Å². The zero-order valence-corrected chi connectivity index (χ0v) is 9.40. The molecule has 0 atom stereocenters. The molecule has 0 fully saturated rings. The summed E-state index contributed by atoms with van der Waals surface area (Å²) in [7, 11) is 0. The Morgan fingerprint density at radius 3 is 2.79 bits per heavy atom. The second-order valence-corrected chi connectivity index (χ2v) is 4.25. The molecule has 0 aliphatic carbocycles. The summed E-state index contributed by atoms with van der Waals surface area (Å²) in [6, 6.07) is 6.50. The molecule has 1 N–H and O–H groups in total. The quantitative estimate of drug-likeness (QED) is 0.900. The van der Waals surface area contributed by atoms with E-state index in [1.807, 2.05) is 5.38 Å². The van der Waals surface area contributed by atoms with Crippen LogP contribution in [-0.2, 0) is 0 Å². The van der Waals surface area contributed by atoms with Crippen molar-refractivity contribution in [2.45, 2.75) is 0 Å². The monoisotopic (exact) mass is 272 g/mol. The number of benzene rings is 1. The van der Waals surface area contributed by atoms with Gasteiger partial charge >= 0.3 is 0 Å². The van der Waals surface area contributed by atoms with Crippen LogP contribution in [0.3, 0.4) is 0 Å². The molecule has 0 spiro atoms. The van der Waals surface area contributed by atoms with Crippen molar-refractivity contribution in [3.63, 3.8) is 0 Å². The minimum Gasteiger partial charge on any atom is -0.329 e. The zero-order valence-electron chi connectivity index (χ0n) is 7.00. The first-order valence-electron chi connectivity index (χ1n) is 3.88. The molecule has 0 amide bonds. The third-order valence-corrected chi connectivity index (χ3v) is 3.06. The fourth-order valence-electron chi connectivity index (χ4n) is 0.989. The molecule has 0 unspecified atom stereocenters. The summed E-state index contributed by atoms with van der Waals surface area (Å²) in [6.07, 6.45) is 0. The first-order chi connectivity index (χ1) is 6.75. The lowest BCUT2D eigenvalue weighted by molar-refractivity contribution is 0.632. The van der Waals surface area contributed by atoms with E-state index in [4.69, 9.17) is 0 Å². The smallest absolute Gasteiger partial charge is 0.188 e. The molecule has 1 heterocycles. The van der Waals surface area contributed by atoms with Crippen molar-refractivity contribution in [1.29, 1.82) is 0 Å². The predicted molar refractivity (Wildman–Crippen MR) is 59.5 cm³/mol. The van der Waals surface area contributed by atoms with E-state index in [1.165, 1.54) is 17.4 Å². The van der Waals surface area contributed by atoms with Crippen LogP contribution in [-0.4, -0.2) is 4.98 Å². The lowest BCUT2D eigenvalue weighted by atomic mass is 10.3. The Balaban J connectivity index is 2.23. The molecule has 0 saturated carbocycles. The standard InChI is InChI=1S/C9H6BrFN2S/c10-8-5-14-9(13-8)12-7-4-2-1-3-6(7)11/h1-5H,(H,12,13). The molecule has 5 heteroatoms. The van der Waals surface area contributed by atoms with Gasteiger partial charge in [0.15, 0.2) is 5.13 Å². The molecular formula is C9H6BrFN2S. The van der Waals surface area contributed by atoms with Crippen molar-refractivity contribution in [3.05, 3.63) is 40.1 Å². The van der Waals surface area contributed by atoms with E-state index in [2.05, 4.69) is 26.2 Å². The second-order valence-electron chi connectivity index (χ2n) is 2.58. The van der Waals surface area contributed by atoms with Crippen molar-refractivity contribution in [1.82, 2.24) is 4.98 Å². The summed E-state index contributed by atoms with van der Waals surface area (Å²) < 4.78 is 13.9. The molecule has 72 valence electrons. The molecule has 14 heavy (non-hydrogen) atoms. The first-order valence-corrected chi connectivity index (χ1v) is 5.55. The molecule has 0 aliphatic heterocycles. The summed E-state index contributed by atoms with van der Waals surface area (Å²) in [5, 5.41) is 5.40. The normalized spacial score (nSPS) is 10.1. The van der Waals surface area contributed by atoms with Gasteiger partial charge in [0.1, 0.15) is 10.4 Å². The Labute approximate surface area is 92.9 Å². The van der Waals surface area contributed by atoms with E-state index < -0.39 is 0 Å². The van der Waals surface area contributed by atoms with E-state index in [-0.39, 0.29) is 5.82 Å². The van der Waals surface area contributed by atoms with Crippen molar-refractivity contribution in [2.75, 3.05) is 5.32 Å².